The summed E-state index contributed by atoms with van der Waals surface area (Å²) in [6.45, 7) is 3.11. The van der Waals surface area contributed by atoms with E-state index in [0.717, 1.165) is 0 Å². The van der Waals surface area contributed by atoms with E-state index in [2.05, 4.69) is 9.47 Å². The van der Waals surface area contributed by atoms with Crippen molar-refractivity contribution in [1.29, 1.82) is 0 Å². The van der Waals surface area contributed by atoms with Crippen molar-refractivity contribution in [3.63, 3.8) is 0 Å². The summed E-state index contributed by atoms with van der Waals surface area (Å²) in [5, 5.41) is 0. The van der Waals surface area contributed by atoms with E-state index in [-0.39, 0.29) is 0 Å². The number of hydrogen-bond acceptors (Lipinski definition) is 4. The van der Waals surface area contributed by atoms with Gasteiger partial charge >= 0.3 is 18.3 Å². The molecule has 0 spiro atoms. The minimum Gasteiger partial charge on any atom is -0.460 e. The van der Waals surface area contributed by atoms with Crippen LogP contribution in [0.3, 0.4) is 0 Å². The number of carbonyl (C=O) groups excluding carboxylic acids is 2. The average molecular weight is 226 g/mol. The molecule has 0 saturated carbocycles. The Kier molecular flexibility index (Phi) is 4.83. The fraction of sp³-hybridized carbons (Fsp3) is 0.500. The van der Waals surface area contributed by atoms with Gasteiger partial charge in [0, 0.05) is 12.2 Å². The van der Waals surface area contributed by atoms with Crippen LogP contribution in [0, 0.1) is 0 Å². The highest BCUT2D eigenvalue weighted by atomic mass is 19.4. The van der Waals surface area contributed by atoms with Crippen LogP contribution >= 0.6 is 0 Å². The van der Waals surface area contributed by atoms with Gasteiger partial charge in [-0.2, -0.15) is 0 Å². The number of carbonyl (C=O) groups is 2. The number of esters is 2. The molecule has 0 unspecified atom stereocenters. The Bertz CT molecular complexity index is 268. The highest BCUT2D eigenvalue weighted by Gasteiger charge is 2.33. The fourth-order valence-electron chi connectivity index (χ4n) is 0.556. The Morgan fingerprint density at radius 3 is 2.00 bits per heavy atom. The van der Waals surface area contributed by atoms with Gasteiger partial charge in [-0.05, 0) is 13.8 Å². The molecule has 4 nitrogen and oxygen atoms in total. The number of rotatable bonds is 3. The molecule has 0 amide bonds. The summed E-state index contributed by atoms with van der Waals surface area (Å²) in [6, 6.07) is 0. The quantitative estimate of drug-likeness (QED) is 0.541. The Morgan fingerprint density at radius 2 is 1.60 bits per heavy atom. The van der Waals surface area contributed by atoms with Crippen LogP contribution in [-0.4, -0.2) is 24.4 Å². The van der Waals surface area contributed by atoms with Crippen LogP contribution in [0.1, 0.15) is 13.8 Å². The van der Waals surface area contributed by atoms with Gasteiger partial charge in [0.25, 0.3) is 0 Å². The molecule has 0 bridgehead atoms. The van der Waals surface area contributed by atoms with Crippen LogP contribution < -0.4 is 0 Å². The smallest absolute Gasteiger partial charge is 0.460 e. The lowest BCUT2D eigenvalue weighted by Crippen LogP contribution is -2.18. The summed E-state index contributed by atoms with van der Waals surface area (Å²) >= 11 is 0. The van der Waals surface area contributed by atoms with E-state index in [9.17, 15) is 22.8 Å². The highest BCUT2D eigenvalue weighted by molar-refractivity contribution is 5.91. The molecule has 0 aromatic carbocycles. The van der Waals surface area contributed by atoms with E-state index >= 15 is 0 Å². The monoisotopic (exact) mass is 226 g/mol. The second kappa shape index (κ2) is 5.38. The molecule has 0 aliphatic heterocycles. The van der Waals surface area contributed by atoms with Crippen molar-refractivity contribution in [2.75, 3.05) is 0 Å². The van der Waals surface area contributed by atoms with Crippen molar-refractivity contribution in [2.24, 2.45) is 0 Å². The van der Waals surface area contributed by atoms with Crippen LogP contribution in [0.25, 0.3) is 0 Å². The zero-order chi connectivity index (χ0) is 12.1. The van der Waals surface area contributed by atoms with Gasteiger partial charge in [0.05, 0.1) is 6.10 Å². The molecule has 0 aromatic heterocycles. The molecule has 0 heterocycles. The maximum Gasteiger partial charge on any atom is 0.575 e. The van der Waals surface area contributed by atoms with E-state index in [0.29, 0.717) is 12.2 Å². The lowest BCUT2D eigenvalue weighted by Gasteiger charge is -2.05. The van der Waals surface area contributed by atoms with Crippen molar-refractivity contribution in [1.82, 2.24) is 0 Å². The maximum absolute atomic E-state index is 11.4. The summed E-state index contributed by atoms with van der Waals surface area (Å²) in [4.78, 5) is 21.1. The first-order valence-electron chi connectivity index (χ1n) is 3.89. The summed E-state index contributed by atoms with van der Waals surface area (Å²) in [7, 11) is 0. The second-order valence-electron chi connectivity index (χ2n) is 2.69. The number of alkyl halides is 3. The molecule has 0 N–H and O–H groups in total. The van der Waals surface area contributed by atoms with Crippen molar-refractivity contribution < 1.29 is 32.2 Å². The van der Waals surface area contributed by atoms with E-state index in [1.807, 2.05) is 0 Å². The zero-order valence-corrected chi connectivity index (χ0v) is 8.00. The highest BCUT2D eigenvalue weighted by Crippen LogP contribution is 2.16. The van der Waals surface area contributed by atoms with Gasteiger partial charge in [-0.3, -0.25) is 0 Å². The van der Waals surface area contributed by atoms with E-state index in [1.165, 1.54) is 0 Å². The number of halogens is 3. The zero-order valence-electron chi connectivity index (χ0n) is 8.00. The van der Waals surface area contributed by atoms with E-state index in [1.54, 1.807) is 13.8 Å². The Morgan fingerprint density at radius 1 is 1.13 bits per heavy atom. The largest absolute Gasteiger partial charge is 0.575 e. The molecular formula is C8H9F3O4. The van der Waals surface area contributed by atoms with Crippen molar-refractivity contribution >= 4 is 11.9 Å². The summed E-state index contributed by atoms with van der Waals surface area (Å²) in [5.41, 5.74) is 0. The third kappa shape index (κ3) is 8.79. The first kappa shape index (κ1) is 13.5. The molecule has 0 rings (SSSR count). The topological polar surface area (TPSA) is 52.6 Å². The van der Waals surface area contributed by atoms with Crippen molar-refractivity contribution in [2.45, 2.75) is 26.3 Å². The molecule has 15 heavy (non-hydrogen) atoms. The van der Waals surface area contributed by atoms with Gasteiger partial charge in [0.15, 0.2) is 0 Å². The molecule has 0 atom stereocenters. The molecule has 0 fully saturated rings. The second-order valence-corrected chi connectivity index (χ2v) is 2.69. The molecule has 0 aromatic rings. The van der Waals surface area contributed by atoms with E-state index < -0.39 is 24.4 Å². The SMILES string of the molecule is CC(C)OC(=O)C=CC(=O)OC(F)(F)F. The lowest BCUT2D eigenvalue weighted by atomic mass is 10.4. The molecule has 0 aliphatic rings. The van der Waals surface area contributed by atoms with Gasteiger partial charge in [-0.1, -0.05) is 0 Å². The Hall–Kier alpha value is -1.53. The molecule has 0 radical (unpaired) electrons. The first-order valence-corrected chi connectivity index (χ1v) is 3.89. The summed E-state index contributed by atoms with van der Waals surface area (Å²) in [5.74, 6) is -2.59. The predicted octanol–water partition coefficient (Wildman–Crippen LogP) is 1.56. The van der Waals surface area contributed by atoms with Crippen LogP contribution in [0.15, 0.2) is 12.2 Å². The van der Waals surface area contributed by atoms with Gasteiger partial charge in [-0.15, -0.1) is 13.2 Å². The van der Waals surface area contributed by atoms with Crippen LogP contribution in [-0.2, 0) is 19.1 Å². The number of ether oxygens (including phenoxy) is 2. The van der Waals surface area contributed by atoms with Gasteiger partial charge in [0.2, 0.25) is 0 Å². The van der Waals surface area contributed by atoms with Gasteiger partial charge in [-0.25, -0.2) is 9.59 Å². The molecular weight excluding hydrogens is 217 g/mol. The summed E-state index contributed by atoms with van der Waals surface area (Å²) < 4.78 is 41.8. The molecule has 7 heteroatoms. The summed E-state index contributed by atoms with van der Waals surface area (Å²) in [6.07, 6.45) is -4.56. The third-order valence-corrected chi connectivity index (χ3v) is 0.924. The average Bonchev–Trinajstić information content (AvgIpc) is 1.96. The Balaban J connectivity index is 4.07. The minimum atomic E-state index is -5.05. The number of hydrogen-bond donors (Lipinski definition) is 0. The predicted molar refractivity (Wildman–Crippen MR) is 42.5 cm³/mol. The maximum atomic E-state index is 11.4. The van der Waals surface area contributed by atoms with Crippen molar-refractivity contribution in [3.8, 4) is 0 Å². The van der Waals surface area contributed by atoms with Crippen LogP contribution in [0.4, 0.5) is 13.2 Å². The standard InChI is InChI=1S/C8H9F3O4/c1-5(2)14-6(12)3-4-7(13)15-8(9,10)11/h3-5H,1-2H3. The molecule has 86 valence electrons. The molecule has 0 aliphatic carbocycles. The van der Waals surface area contributed by atoms with E-state index in [4.69, 9.17) is 0 Å². The Labute approximate surface area is 83.7 Å². The fourth-order valence-corrected chi connectivity index (χ4v) is 0.556. The lowest BCUT2D eigenvalue weighted by molar-refractivity contribution is -0.303. The van der Waals surface area contributed by atoms with Gasteiger partial charge < -0.3 is 9.47 Å². The van der Waals surface area contributed by atoms with Crippen molar-refractivity contribution in [3.05, 3.63) is 12.2 Å². The third-order valence-electron chi connectivity index (χ3n) is 0.924. The van der Waals surface area contributed by atoms with Crippen LogP contribution in [0.2, 0.25) is 0 Å². The van der Waals surface area contributed by atoms with Crippen LogP contribution in [0.5, 0.6) is 0 Å². The molecule has 0 saturated heterocycles. The normalized spacial score (nSPS) is 11.9. The minimum absolute atomic E-state index is 0.345. The van der Waals surface area contributed by atoms with Gasteiger partial charge in [0.1, 0.15) is 0 Å². The first-order chi connectivity index (χ1) is 6.70.